The number of anilines is 2. The van der Waals surface area contributed by atoms with Gasteiger partial charge in [0.15, 0.2) is 0 Å². The van der Waals surface area contributed by atoms with Gasteiger partial charge in [-0.15, -0.1) is 0 Å². The lowest BCUT2D eigenvalue weighted by Gasteiger charge is -2.26. The van der Waals surface area contributed by atoms with Gasteiger partial charge in [0.2, 0.25) is 0 Å². The van der Waals surface area contributed by atoms with Gasteiger partial charge < -0.3 is 10.6 Å². The number of pyridine rings is 1. The van der Waals surface area contributed by atoms with E-state index in [9.17, 15) is 0 Å². The van der Waals surface area contributed by atoms with Crippen LogP contribution in [0.25, 0.3) is 0 Å². The van der Waals surface area contributed by atoms with Gasteiger partial charge in [0.05, 0.1) is 0 Å². The summed E-state index contributed by atoms with van der Waals surface area (Å²) in [5.74, 6) is 1.06. The normalized spacial score (nSPS) is 17.6. The number of nitrogens with zero attached hydrogens (tertiary/aromatic N) is 2. The van der Waals surface area contributed by atoms with E-state index in [0.717, 1.165) is 18.7 Å². The van der Waals surface area contributed by atoms with Crippen molar-refractivity contribution in [2.75, 3.05) is 11.4 Å². The molecule has 0 saturated carbocycles. The maximum absolute atomic E-state index is 5.71. The van der Waals surface area contributed by atoms with Crippen LogP contribution in [0.2, 0.25) is 0 Å². The van der Waals surface area contributed by atoms with Gasteiger partial charge in [-0.3, -0.25) is 0 Å². The quantitative estimate of drug-likeness (QED) is 0.914. The Morgan fingerprint density at radius 3 is 2.95 bits per heavy atom. The Morgan fingerprint density at radius 2 is 2.11 bits per heavy atom. The molecule has 3 nitrogen and oxygen atoms in total. The summed E-state index contributed by atoms with van der Waals surface area (Å²) in [6, 6.07) is 13.1. The second-order valence-electron chi connectivity index (χ2n) is 5.08. The van der Waals surface area contributed by atoms with Gasteiger partial charge in [0.25, 0.3) is 0 Å². The van der Waals surface area contributed by atoms with E-state index in [1.54, 1.807) is 0 Å². The van der Waals surface area contributed by atoms with Crippen LogP contribution < -0.4 is 10.6 Å². The van der Waals surface area contributed by atoms with Crippen LogP contribution in [0.4, 0.5) is 11.5 Å². The second kappa shape index (κ2) is 5.02. The molecule has 2 aromatic rings. The van der Waals surface area contributed by atoms with Crippen LogP contribution in [0.5, 0.6) is 0 Å². The van der Waals surface area contributed by atoms with Crippen molar-refractivity contribution in [2.24, 2.45) is 5.73 Å². The lowest BCUT2D eigenvalue weighted by molar-refractivity contribution is 0.744. The summed E-state index contributed by atoms with van der Waals surface area (Å²) in [6.45, 7) is 2.91. The van der Waals surface area contributed by atoms with Crippen molar-refractivity contribution in [3.05, 3.63) is 53.7 Å². The summed E-state index contributed by atoms with van der Waals surface area (Å²) in [4.78, 5) is 6.95. The third kappa shape index (κ3) is 2.10. The summed E-state index contributed by atoms with van der Waals surface area (Å²) in [6.07, 6.45) is 3.81. The van der Waals surface area contributed by atoms with Gasteiger partial charge in [0.1, 0.15) is 5.82 Å². The fourth-order valence-electron chi connectivity index (χ4n) is 2.89. The molecule has 1 unspecified atom stereocenters. The zero-order valence-corrected chi connectivity index (χ0v) is 11.2. The van der Waals surface area contributed by atoms with Crippen molar-refractivity contribution in [3.63, 3.8) is 0 Å². The smallest absolute Gasteiger partial charge is 0.136 e. The number of fused-ring (bicyclic) bond motifs is 1. The van der Waals surface area contributed by atoms with Crippen LogP contribution in [0.3, 0.4) is 0 Å². The van der Waals surface area contributed by atoms with Crippen LogP contribution in [0, 0.1) is 0 Å². The number of hydrogen-bond donors (Lipinski definition) is 1. The first-order chi connectivity index (χ1) is 9.31. The molecule has 1 aromatic heterocycles. The predicted octanol–water partition coefficient (Wildman–Crippen LogP) is 2.67. The van der Waals surface area contributed by atoms with Gasteiger partial charge in [-0.05, 0) is 49.6 Å². The average molecular weight is 253 g/mol. The van der Waals surface area contributed by atoms with E-state index in [1.807, 2.05) is 12.3 Å². The predicted molar refractivity (Wildman–Crippen MR) is 78.7 cm³/mol. The van der Waals surface area contributed by atoms with Crippen molar-refractivity contribution < 1.29 is 0 Å². The zero-order valence-electron chi connectivity index (χ0n) is 11.2. The van der Waals surface area contributed by atoms with Crippen LogP contribution >= 0.6 is 0 Å². The molecule has 1 aromatic carbocycles. The molecule has 2 heterocycles. The first-order valence-electron chi connectivity index (χ1n) is 6.82. The largest absolute Gasteiger partial charge is 0.330 e. The minimum atomic E-state index is 0.448. The summed E-state index contributed by atoms with van der Waals surface area (Å²) >= 11 is 0. The fraction of sp³-hybridized carbons (Fsp3) is 0.312. The highest BCUT2D eigenvalue weighted by atomic mass is 15.2. The van der Waals surface area contributed by atoms with Crippen molar-refractivity contribution >= 4 is 11.5 Å². The zero-order chi connectivity index (χ0) is 13.2. The van der Waals surface area contributed by atoms with Gasteiger partial charge in [-0.2, -0.15) is 0 Å². The van der Waals surface area contributed by atoms with Gasteiger partial charge in [-0.1, -0.05) is 24.3 Å². The van der Waals surface area contributed by atoms with E-state index in [4.69, 9.17) is 5.73 Å². The third-order valence-corrected chi connectivity index (χ3v) is 3.72. The number of rotatable bonds is 3. The molecule has 0 amide bonds. The topological polar surface area (TPSA) is 42.2 Å². The van der Waals surface area contributed by atoms with Crippen molar-refractivity contribution in [1.29, 1.82) is 0 Å². The summed E-state index contributed by atoms with van der Waals surface area (Å²) in [7, 11) is 0. The molecule has 0 saturated heterocycles. The van der Waals surface area contributed by atoms with Crippen molar-refractivity contribution in [2.45, 2.75) is 25.8 Å². The monoisotopic (exact) mass is 253 g/mol. The number of para-hydroxylation sites is 1. The van der Waals surface area contributed by atoms with E-state index < -0.39 is 0 Å². The Kier molecular flexibility index (Phi) is 3.22. The van der Waals surface area contributed by atoms with Gasteiger partial charge in [0, 0.05) is 17.9 Å². The summed E-state index contributed by atoms with van der Waals surface area (Å²) < 4.78 is 0. The molecule has 98 valence electrons. The van der Waals surface area contributed by atoms with E-state index in [2.05, 4.69) is 47.1 Å². The maximum Gasteiger partial charge on any atom is 0.136 e. The number of benzene rings is 1. The number of hydrogen-bond acceptors (Lipinski definition) is 3. The van der Waals surface area contributed by atoms with E-state index in [1.165, 1.54) is 16.8 Å². The first kappa shape index (κ1) is 12.2. The lowest BCUT2D eigenvalue weighted by Crippen LogP contribution is -2.26. The van der Waals surface area contributed by atoms with Crippen LogP contribution in [-0.2, 0) is 12.8 Å². The van der Waals surface area contributed by atoms with E-state index in [0.29, 0.717) is 12.6 Å². The molecule has 0 fully saturated rings. The summed E-state index contributed by atoms with van der Waals surface area (Å²) in [5, 5.41) is 0. The molecule has 1 aliphatic rings. The molecule has 0 radical (unpaired) electrons. The minimum absolute atomic E-state index is 0.448. The molecule has 0 spiro atoms. The maximum atomic E-state index is 5.71. The average Bonchev–Trinajstić information content (AvgIpc) is 2.76. The van der Waals surface area contributed by atoms with Crippen LogP contribution in [0.1, 0.15) is 18.1 Å². The molecular formula is C16H19N3. The highest BCUT2D eigenvalue weighted by Gasteiger charge is 2.28. The molecule has 2 N–H and O–H groups in total. The first-order valence-corrected chi connectivity index (χ1v) is 6.82. The molecule has 19 heavy (non-hydrogen) atoms. The summed E-state index contributed by atoms with van der Waals surface area (Å²) in [5.41, 5.74) is 9.63. The highest BCUT2D eigenvalue weighted by molar-refractivity contribution is 5.70. The Balaban J connectivity index is 2.07. The minimum Gasteiger partial charge on any atom is -0.330 e. The number of aromatic nitrogens is 1. The van der Waals surface area contributed by atoms with E-state index >= 15 is 0 Å². The number of nitrogens with two attached hydrogens (primary N) is 1. The van der Waals surface area contributed by atoms with Crippen molar-refractivity contribution in [3.8, 4) is 0 Å². The standard InChI is InChI=1S/C16H19N3/c1-12-11-14-5-2-3-7-15(14)19(12)16-13(8-9-17)6-4-10-18-16/h2-7,10,12H,8-9,11,17H2,1H3. The molecule has 1 atom stereocenters. The highest BCUT2D eigenvalue weighted by Crippen LogP contribution is 2.38. The molecule has 0 bridgehead atoms. The molecule has 3 heteroatoms. The van der Waals surface area contributed by atoms with Crippen molar-refractivity contribution in [1.82, 2.24) is 4.98 Å². The molecule has 3 rings (SSSR count). The third-order valence-electron chi connectivity index (χ3n) is 3.72. The van der Waals surface area contributed by atoms with Gasteiger partial charge in [-0.25, -0.2) is 4.98 Å². The SMILES string of the molecule is CC1Cc2ccccc2N1c1ncccc1CCN. The second-order valence-corrected chi connectivity index (χ2v) is 5.08. The molecule has 1 aliphatic heterocycles. The molecular weight excluding hydrogens is 234 g/mol. The van der Waals surface area contributed by atoms with Crippen LogP contribution in [-0.4, -0.2) is 17.6 Å². The van der Waals surface area contributed by atoms with Gasteiger partial charge >= 0.3 is 0 Å². The lowest BCUT2D eigenvalue weighted by atomic mass is 10.1. The Labute approximate surface area is 114 Å². The van der Waals surface area contributed by atoms with Crippen LogP contribution in [0.15, 0.2) is 42.6 Å². The molecule has 0 aliphatic carbocycles. The Morgan fingerprint density at radius 1 is 1.26 bits per heavy atom. The fourth-order valence-corrected chi connectivity index (χ4v) is 2.89. The van der Waals surface area contributed by atoms with E-state index in [-0.39, 0.29) is 0 Å². The Bertz CT molecular complexity index is 580. The Hall–Kier alpha value is -1.87.